The molecular weight excluding hydrogens is 146 g/mol. The first-order valence-corrected chi connectivity index (χ1v) is 4.29. The third kappa shape index (κ3) is 2.50. The number of hydrogen-bond acceptors (Lipinski definition) is 1. The lowest BCUT2D eigenvalue weighted by molar-refractivity contribution is 0.799. The zero-order valence-corrected chi connectivity index (χ0v) is 7.67. The quantitative estimate of drug-likeness (QED) is 0.658. The Kier molecular flexibility index (Phi) is 3.03. The zero-order chi connectivity index (χ0) is 8.97. The SMILES string of the molecule is CC(=N)CC(C)c1ccccc1. The maximum absolute atomic E-state index is 7.37. The topological polar surface area (TPSA) is 23.9 Å². The lowest BCUT2D eigenvalue weighted by Gasteiger charge is -2.09. The highest BCUT2D eigenvalue weighted by molar-refractivity contribution is 5.79. The molecule has 0 aliphatic carbocycles. The van der Waals surface area contributed by atoms with Gasteiger partial charge in [0.15, 0.2) is 0 Å². The van der Waals surface area contributed by atoms with Gasteiger partial charge in [-0.3, -0.25) is 0 Å². The van der Waals surface area contributed by atoms with Crippen LogP contribution in [0.1, 0.15) is 31.7 Å². The minimum atomic E-state index is 0.476. The zero-order valence-electron chi connectivity index (χ0n) is 7.67. The van der Waals surface area contributed by atoms with Gasteiger partial charge in [-0.15, -0.1) is 0 Å². The molecule has 0 fully saturated rings. The molecule has 0 aliphatic rings. The summed E-state index contributed by atoms with van der Waals surface area (Å²) < 4.78 is 0. The van der Waals surface area contributed by atoms with Crippen LogP contribution in [0.25, 0.3) is 0 Å². The van der Waals surface area contributed by atoms with Crippen LogP contribution in [0.2, 0.25) is 0 Å². The van der Waals surface area contributed by atoms with Crippen LogP contribution in [0.15, 0.2) is 30.3 Å². The minimum Gasteiger partial charge on any atom is -0.310 e. The summed E-state index contributed by atoms with van der Waals surface area (Å²) in [6.07, 6.45) is 0.865. The van der Waals surface area contributed by atoms with E-state index in [1.807, 2.05) is 25.1 Å². The monoisotopic (exact) mass is 161 g/mol. The molecule has 1 nitrogen and oxygen atoms in total. The molecule has 1 rings (SSSR count). The molecule has 1 heteroatoms. The highest BCUT2D eigenvalue weighted by atomic mass is 14.4. The first-order valence-electron chi connectivity index (χ1n) is 4.29. The second-order valence-corrected chi connectivity index (χ2v) is 3.30. The summed E-state index contributed by atoms with van der Waals surface area (Å²) in [6, 6.07) is 10.4. The molecule has 0 aliphatic heterocycles. The van der Waals surface area contributed by atoms with Crippen LogP contribution in [0.3, 0.4) is 0 Å². The third-order valence-corrected chi connectivity index (χ3v) is 1.98. The molecule has 0 amide bonds. The van der Waals surface area contributed by atoms with Crippen molar-refractivity contribution >= 4 is 5.71 Å². The molecule has 1 unspecified atom stereocenters. The Balaban J connectivity index is 2.65. The van der Waals surface area contributed by atoms with Gasteiger partial charge >= 0.3 is 0 Å². The average molecular weight is 161 g/mol. The molecule has 1 aromatic rings. The van der Waals surface area contributed by atoms with E-state index in [1.165, 1.54) is 5.56 Å². The largest absolute Gasteiger partial charge is 0.310 e. The van der Waals surface area contributed by atoms with Crippen LogP contribution < -0.4 is 0 Å². The molecule has 1 aromatic carbocycles. The first-order chi connectivity index (χ1) is 5.70. The Morgan fingerprint density at radius 1 is 1.33 bits per heavy atom. The molecular formula is C11H15N. The molecule has 0 spiro atoms. The Hall–Kier alpha value is -1.11. The van der Waals surface area contributed by atoms with Crippen molar-refractivity contribution < 1.29 is 0 Å². The second-order valence-electron chi connectivity index (χ2n) is 3.30. The van der Waals surface area contributed by atoms with Crippen molar-refractivity contribution in [3.8, 4) is 0 Å². The van der Waals surface area contributed by atoms with Gasteiger partial charge in [-0.1, -0.05) is 37.3 Å². The summed E-state index contributed by atoms with van der Waals surface area (Å²) in [5.41, 5.74) is 2.08. The number of rotatable bonds is 3. The maximum Gasteiger partial charge on any atom is 0.00642 e. The van der Waals surface area contributed by atoms with E-state index in [-0.39, 0.29) is 0 Å². The van der Waals surface area contributed by atoms with Crippen molar-refractivity contribution in [2.24, 2.45) is 0 Å². The normalized spacial score (nSPS) is 12.5. The van der Waals surface area contributed by atoms with E-state index >= 15 is 0 Å². The van der Waals surface area contributed by atoms with Crippen molar-refractivity contribution in [1.29, 1.82) is 5.41 Å². The van der Waals surface area contributed by atoms with E-state index in [0.29, 0.717) is 5.92 Å². The van der Waals surface area contributed by atoms with Gasteiger partial charge in [0.05, 0.1) is 0 Å². The summed E-state index contributed by atoms with van der Waals surface area (Å²) >= 11 is 0. The van der Waals surface area contributed by atoms with Crippen molar-refractivity contribution in [1.82, 2.24) is 0 Å². The van der Waals surface area contributed by atoms with Gasteiger partial charge in [0, 0.05) is 5.71 Å². The standard InChI is InChI=1S/C11H15N/c1-9(8-10(2)12)11-6-4-3-5-7-11/h3-7,9,12H,8H2,1-2H3. The van der Waals surface area contributed by atoms with Gasteiger partial charge in [0.25, 0.3) is 0 Å². The van der Waals surface area contributed by atoms with Gasteiger partial charge in [-0.25, -0.2) is 0 Å². The molecule has 12 heavy (non-hydrogen) atoms. The summed E-state index contributed by atoms with van der Waals surface area (Å²) in [5, 5.41) is 7.37. The van der Waals surface area contributed by atoms with E-state index in [9.17, 15) is 0 Å². The van der Waals surface area contributed by atoms with Crippen molar-refractivity contribution in [2.45, 2.75) is 26.2 Å². The molecule has 64 valence electrons. The molecule has 0 heterocycles. The average Bonchev–Trinajstić information content (AvgIpc) is 2.05. The fourth-order valence-electron chi connectivity index (χ4n) is 1.36. The Morgan fingerprint density at radius 3 is 2.42 bits per heavy atom. The molecule has 0 bridgehead atoms. The highest BCUT2D eigenvalue weighted by Crippen LogP contribution is 2.18. The van der Waals surface area contributed by atoms with Crippen LogP contribution in [-0.4, -0.2) is 5.71 Å². The molecule has 1 atom stereocenters. The van der Waals surface area contributed by atoms with E-state index in [1.54, 1.807) is 0 Å². The number of hydrogen-bond donors (Lipinski definition) is 1. The van der Waals surface area contributed by atoms with Gasteiger partial charge in [0.1, 0.15) is 0 Å². The minimum absolute atomic E-state index is 0.476. The summed E-state index contributed by atoms with van der Waals surface area (Å²) in [5.74, 6) is 0.476. The first kappa shape index (κ1) is 8.98. The van der Waals surface area contributed by atoms with Crippen LogP contribution in [-0.2, 0) is 0 Å². The molecule has 1 N–H and O–H groups in total. The van der Waals surface area contributed by atoms with E-state index in [0.717, 1.165) is 12.1 Å². The van der Waals surface area contributed by atoms with Gasteiger partial charge < -0.3 is 5.41 Å². The fraction of sp³-hybridized carbons (Fsp3) is 0.364. The van der Waals surface area contributed by atoms with E-state index in [4.69, 9.17) is 5.41 Å². The smallest absolute Gasteiger partial charge is 0.00642 e. The Bertz CT molecular complexity index is 251. The van der Waals surface area contributed by atoms with Crippen LogP contribution in [0.5, 0.6) is 0 Å². The third-order valence-electron chi connectivity index (χ3n) is 1.98. The second kappa shape index (κ2) is 4.05. The number of benzene rings is 1. The molecule has 0 aromatic heterocycles. The van der Waals surface area contributed by atoms with E-state index < -0.39 is 0 Å². The van der Waals surface area contributed by atoms with Crippen molar-refractivity contribution in [2.75, 3.05) is 0 Å². The summed E-state index contributed by atoms with van der Waals surface area (Å²) in [7, 11) is 0. The predicted molar refractivity (Wildman–Crippen MR) is 52.9 cm³/mol. The van der Waals surface area contributed by atoms with Crippen molar-refractivity contribution in [3.05, 3.63) is 35.9 Å². The van der Waals surface area contributed by atoms with Gasteiger partial charge in [-0.05, 0) is 24.8 Å². The van der Waals surface area contributed by atoms with Crippen LogP contribution in [0.4, 0.5) is 0 Å². The lowest BCUT2D eigenvalue weighted by Crippen LogP contribution is -1.98. The maximum atomic E-state index is 7.37. The molecule has 0 saturated carbocycles. The molecule has 0 radical (unpaired) electrons. The van der Waals surface area contributed by atoms with Gasteiger partial charge in [0.2, 0.25) is 0 Å². The summed E-state index contributed by atoms with van der Waals surface area (Å²) in [4.78, 5) is 0. The van der Waals surface area contributed by atoms with E-state index in [2.05, 4.69) is 19.1 Å². The van der Waals surface area contributed by atoms with Gasteiger partial charge in [-0.2, -0.15) is 0 Å². The van der Waals surface area contributed by atoms with Crippen molar-refractivity contribution in [3.63, 3.8) is 0 Å². The molecule has 0 saturated heterocycles. The van der Waals surface area contributed by atoms with Crippen LogP contribution >= 0.6 is 0 Å². The summed E-state index contributed by atoms with van der Waals surface area (Å²) in [6.45, 7) is 4.02. The number of nitrogens with one attached hydrogen (secondary N) is 1. The highest BCUT2D eigenvalue weighted by Gasteiger charge is 2.04. The predicted octanol–water partition coefficient (Wildman–Crippen LogP) is 3.22. The Labute approximate surface area is 73.9 Å². The van der Waals surface area contributed by atoms with Crippen LogP contribution in [0, 0.1) is 5.41 Å². The Morgan fingerprint density at radius 2 is 1.92 bits per heavy atom. The lowest BCUT2D eigenvalue weighted by atomic mass is 9.96. The fourth-order valence-corrected chi connectivity index (χ4v) is 1.36.